The van der Waals surface area contributed by atoms with Crippen molar-refractivity contribution in [3.63, 3.8) is 0 Å². The molecule has 5 nitrogen and oxygen atoms in total. The Morgan fingerprint density at radius 1 is 1.50 bits per heavy atom. The van der Waals surface area contributed by atoms with E-state index in [1.165, 1.54) is 0 Å². The van der Waals surface area contributed by atoms with Gasteiger partial charge in [-0.1, -0.05) is 11.6 Å². The van der Waals surface area contributed by atoms with E-state index in [1.807, 2.05) is 5.32 Å². The molecule has 0 unspecified atom stereocenters. The second-order valence-electron chi connectivity index (χ2n) is 2.74. The van der Waals surface area contributed by atoms with Crippen LogP contribution < -0.4 is 5.32 Å². The maximum absolute atomic E-state index is 11.9. The van der Waals surface area contributed by atoms with Crippen molar-refractivity contribution in [2.24, 2.45) is 0 Å². The summed E-state index contributed by atoms with van der Waals surface area (Å²) < 4.78 is 35.7. The van der Waals surface area contributed by atoms with E-state index in [2.05, 4.69) is 4.98 Å². The van der Waals surface area contributed by atoms with Crippen molar-refractivity contribution in [3.05, 3.63) is 27.5 Å². The van der Waals surface area contributed by atoms with Gasteiger partial charge >= 0.3 is 11.9 Å². The fourth-order valence-corrected chi connectivity index (χ4v) is 1.15. The smallest absolute Gasteiger partial charge is 0.370 e. The highest BCUT2D eigenvalue weighted by molar-refractivity contribution is 6.33. The molecule has 0 aliphatic carbocycles. The van der Waals surface area contributed by atoms with Crippen LogP contribution in [-0.4, -0.2) is 22.6 Å². The molecule has 1 heterocycles. The van der Waals surface area contributed by atoms with E-state index in [1.54, 1.807) is 0 Å². The lowest BCUT2D eigenvalue weighted by molar-refractivity contribution is -0.384. The summed E-state index contributed by atoms with van der Waals surface area (Å²) in [5, 5.41) is 12.1. The molecule has 1 aromatic heterocycles. The van der Waals surface area contributed by atoms with Crippen molar-refractivity contribution in [1.29, 1.82) is 0 Å². The first-order valence-corrected chi connectivity index (χ1v) is 4.27. The summed E-state index contributed by atoms with van der Waals surface area (Å²) in [7, 11) is 0. The van der Waals surface area contributed by atoms with E-state index in [0.29, 0.717) is 0 Å². The first-order chi connectivity index (χ1) is 7.31. The van der Waals surface area contributed by atoms with E-state index in [9.17, 15) is 23.3 Å². The molecule has 0 aliphatic rings. The highest BCUT2D eigenvalue weighted by Crippen LogP contribution is 2.31. The van der Waals surface area contributed by atoms with Crippen LogP contribution in [0.4, 0.5) is 24.5 Å². The van der Waals surface area contributed by atoms with E-state index in [0.717, 1.165) is 12.4 Å². The Morgan fingerprint density at radius 3 is 2.62 bits per heavy atom. The maximum Gasteiger partial charge on any atom is 0.405 e. The molecule has 9 heteroatoms. The number of nitro groups is 1. The highest BCUT2D eigenvalue weighted by Gasteiger charge is 2.29. The van der Waals surface area contributed by atoms with Crippen LogP contribution in [0.1, 0.15) is 0 Å². The zero-order valence-electron chi connectivity index (χ0n) is 7.58. The molecule has 0 atom stereocenters. The van der Waals surface area contributed by atoms with Gasteiger partial charge in [0, 0.05) is 6.20 Å². The molecule has 0 spiro atoms. The van der Waals surface area contributed by atoms with E-state index < -0.39 is 23.3 Å². The fraction of sp³-hybridized carbons (Fsp3) is 0.286. The van der Waals surface area contributed by atoms with Gasteiger partial charge in [0.15, 0.2) is 0 Å². The number of rotatable bonds is 3. The molecule has 88 valence electrons. The van der Waals surface area contributed by atoms with Gasteiger partial charge in [0.1, 0.15) is 18.4 Å². The zero-order valence-corrected chi connectivity index (χ0v) is 8.34. The fourth-order valence-electron chi connectivity index (χ4n) is 0.927. The number of aromatic nitrogens is 1. The summed E-state index contributed by atoms with van der Waals surface area (Å²) in [4.78, 5) is 13.0. The van der Waals surface area contributed by atoms with Crippen molar-refractivity contribution in [3.8, 4) is 0 Å². The summed E-state index contributed by atoms with van der Waals surface area (Å²) in [6, 6.07) is 0. The van der Waals surface area contributed by atoms with Crippen LogP contribution in [-0.2, 0) is 0 Å². The second-order valence-corrected chi connectivity index (χ2v) is 3.15. The molecular formula is C7H5ClF3N3O2. The predicted octanol–water partition coefficient (Wildman–Crippen LogP) is 2.62. The van der Waals surface area contributed by atoms with Crippen molar-refractivity contribution in [1.82, 2.24) is 4.98 Å². The van der Waals surface area contributed by atoms with Gasteiger partial charge in [-0.25, -0.2) is 0 Å². The van der Waals surface area contributed by atoms with Crippen LogP contribution in [0.2, 0.25) is 5.02 Å². The summed E-state index contributed by atoms with van der Waals surface area (Å²) in [6.07, 6.45) is -2.64. The summed E-state index contributed by atoms with van der Waals surface area (Å²) in [5.41, 5.74) is -0.990. The van der Waals surface area contributed by atoms with Crippen LogP contribution in [0.3, 0.4) is 0 Å². The Hall–Kier alpha value is -1.57. The topological polar surface area (TPSA) is 68.1 Å². The minimum absolute atomic E-state index is 0.238. The molecule has 0 saturated carbocycles. The van der Waals surface area contributed by atoms with Crippen molar-refractivity contribution >= 4 is 23.0 Å². The van der Waals surface area contributed by atoms with Gasteiger partial charge in [-0.2, -0.15) is 13.2 Å². The third kappa shape index (κ3) is 3.23. The maximum atomic E-state index is 11.9. The number of hydrogen-bond acceptors (Lipinski definition) is 4. The first-order valence-electron chi connectivity index (χ1n) is 3.90. The number of alkyl halides is 3. The Morgan fingerprint density at radius 2 is 2.12 bits per heavy atom. The average Bonchev–Trinajstić information content (AvgIpc) is 2.13. The monoisotopic (exact) mass is 255 g/mol. The number of halogens is 4. The molecule has 1 rings (SSSR count). The molecule has 1 N–H and O–H groups in total. The third-order valence-electron chi connectivity index (χ3n) is 1.54. The normalized spacial score (nSPS) is 11.2. The molecule has 0 saturated heterocycles. The van der Waals surface area contributed by atoms with Crippen LogP contribution in [0.25, 0.3) is 0 Å². The number of anilines is 1. The average molecular weight is 256 g/mol. The number of hydrogen-bond donors (Lipinski definition) is 1. The molecular weight excluding hydrogens is 251 g/mol. The van der Waals surface area contributed by atoms with E-state index in [-0.39, 0.29) is 10.7 Å². The zero-order chi connectivity index (χ0) is 12.3. The van der Waals surface area contributed by atoms with E-state index >= 15 is 0 Å². The lowest BCUT2D eigenvalue weighted by Crippen LogP contribution is -2.22. The number of nitrogens with zero attached hydrogens (tertiary/aromatic N) is 2. The van der Waals surface area contributed by atoms with Crippen LogP contribution in [0.5, 0.6) is 0 Å². The van der Waals surface area contributed by atoms with Gasteiger partial charge in [0.2, 0.25) is 0 Å². The molecule has 0 radical (unpaired) electrons. The molecule has 0 fully saturated rings. The van der Waals surface area contributed by atoms with Crippen molar-refractivity contribution in [2.75, 3.05) is 11.9 Å². The molecule has 0 aliphatic heterocycles. The molecule has 0 aromatic carbocycles. The largest absolute Gasteiger partial charge is 0.405 e. The molecule has 0 bridgehead atoms. The van der Waals surface area contributed by atoms with Gasteiger partial charge < -0.3 is 5.32 Å². The standard InChI is InChI=1S/C7H5ClF3N3O2/c8-4-1-12-2-5(14(15)16)6(4)13-3-7(9,10)11/h1-2H,3H2,(H,12,13). The van der Waals surface area contributed by atoms with Crippen molar-refractivity contribution < 1.29 is 18.1 Å². The summed E-state index contributed by atoms with van der Waals surface area (Å²) in [5.74, 6) is 0. The lowest BCUT2D eigenvalue weighted by atomic mass is 10.3. The second kappa shape index (κ2) is 4.52. The minimum atomic E-state index is -4.49. The summed E-state index contributed by atoms with van der Waals surface area (Å²) in [6.45, 7) is -1.41. The third-order valence-corrected chi connectivity index (χ3v) is 1.83. The molecule has 16 heavy (non-hydrogen) atoms. The Bertz CT molecular complexity index is 410. The highest BCUT2D eigenvalue weighted by atomic mass is 35.5. The van der Waals surface area contributed by atoms with Gasteiger partial charge in [-0.15, -0.1) is 0 Å². The SMILES string of the molecule is O=[N+]([O-])c1cncc(Cl)c1NCC(F)(F)F. The Kier molecular flexibility index (Phi) is 3.53. The lowest BCUT2D eigenvalue weighted by Gasteiger charge is -2.10. The van der Waals surface area contributed by atoms with Crippen molar-refractivity contribution in [2.45, 2.75) is 6.18 Å². The van der Waals surface area contributed by atoms with Gasteiger partial charge in [-0.3, -0.25) is 15.1 Å². The molecule has 0 amide bonds. The first kappa shape index (κ1) is 12.5. The van der Waals surface area contributed by atoms with Gasteiger partial charge in [0.25, 0.3) is 0 Å². The number of nitrogens with one attached hydrogen (secondary N) is 1. The van der Waals surface area contributed by atoms with Gasteiger partial charge in [-0.05, 0) is 0 Å². The van der Waals surface area contributed by atoms with Crippen LogP contribution >= 0.6 is 11.6 Å². The number of pyridine rings is 1. The summed E-state index contributed by atoms with van der Waals surface area (Å²) >= 11 is 5.51. The van der Waals surface area contributed by atoms with Crippen LogP contribution in [0.15, 0.2) is 12.4 Å². The minimum Gasteiger partial charge on any atom is -0.370 e. The quantitative estimate of drug-likeness (QED) is 0.666. The Balaban J connectivity index is 2.98. The van der Waals surface area contributed by atoms with Gasteiger partial charge in [0.05, 0.1) is 9.95 Å². The predicted molar refractivity (Wildman–Crippen MR) is 50.4 cm³/mol. The van der Waals surface area contributed by atoms with E-state index in [4.69, 9.17) is 11.6 Å². The molecule has 1 aromatic rings. The van der Waals surface area contributed by atoms with Crippen LogP contribution in [0, 0.1) is 10.1 Å². The Labute approximate surface area is 92.4 Å².